The van der Waals surface area contributed by atoms with Crippen LogP contribution >= 0.6 is 12.4 Å². The van der Waals surface area contributed by atoms with E-state index in [0.717, 1.165) is 11.3 Å². The molecule has 0 aliphatic heterocycles. The number of aryl methyl sites for hydroxylation is 1. The number of amides is 1. The Morgan fingerprint density at radius 2 is 2.19 bits per heavy atom. The maximum atomic E-state index is 12.3. The molecule has 114 valence electrons. The molecule has 0 bridgehead atoms. The highest BCUT2D eigenvalue weighted by Crippen LogP contribution is 2.16. The standard InChI is InChI=1S/C14H19N5O.ClH/c1-10-6-12(14(20)18(3)11(2)7-15)4-5-13(10)19-9-16-8-17-19;/h4-6,8-9,11H,7,15H2,1-3H3;1H. The number of halogens is 1. The molecule has 0 radical (unpaired) electrons. The van der Waals surface area contributed by atoms with Gasteiger partial charge in [0.1, 0.15) is 12.7 Å². The van der Waals surface area contributed by atoms with E-state index in [4.69, 9.17) is 5.73 Å². The van der Waals surface area contributed by atoms with Gasteiger partial charge < -0.3 is 10.6 Å². The quantitative estimate of drug-likeness (QED) is 0.926. The Kier molecular flexibility index (Phi) is 5.87. The van der Waals surface area contributed by atoms with Gasteiger partial charge in [-0.3, -0.25) is 4.79 Å². The number of likely N-dealkylation sites (N-methyl/N-ethyl adjacent to an activating group) is 1. The van der Waals surface area contributed by atoms with Crippen LogP contribution in [0, 0.1) is 6.92 Å². The van der Waals surface area contributed by atoms with Crippen LogP contribution in [0.3, 0.4) is 0 Å². The Labute approximate surface area is 130 Å². The molecule has 0 saturated heterocycles. The number of aromatic nitrogens is 3. The fraction of sp³-hybridized carbons (Fsp3) is 0.357. The molecule has 1 aromatic heterocycles. The minimum absolute atomic E-state index is 0. The predicted octanol–water partition coefficient (Wildman–Crippen LogP) is 1.42. The van der Waals surface area contributed by atoms with Crippen LogP contribution in [0.2, 0.25) is 0 Å². The molecule has 0 aliphatic carbocycles. The van der Waals surface area contributed by atoms with Crippen LogP contribution < -0.4 is 5.73 Å². The summed E-state index contributed by atoms with van der Waals surface area (Å²) < 4.78 is 1.68. The van der Waals surface area contributed by atoms with Crippen molar-refractivity contribution >= 4 is 18.3 Å². The molecule has 1 amide bonds. The summed E-state index contributed by atoms with van der Waals surface area (Å²) in [6.07, 6.45) is 3.11. The Morgan fingerprint density at radius 1 is 1.48 bits per heavy atom. The van der Waals surface area contributed by atoms with E-state index in [0.29, 0.717) is 12.1 Å². The molecular weight excluding hydrogens is 290 g/mol. The van der Waals surface area contributed by atoms with Crippen molar-refractivity contribution in [1.82, 2.24) is 19.7 Å². The molecule has 0 spiro atoms. The third kappa shape index (κ3) is 3.59. The van der Waals surface area contributed by atoms with Crippen LogP contribution in [0.15, 0.2) is 30.9 Å². The van der Waals surface area contributed by atoms with Crippen molar-refractivity contribution in [2.24, 2.45) is 5.73 Å². The number of benzene rings is 1. The first-order valence-corrected chi connectivity index (χ1v) is 6.47. The molecule has 2 N–H and O–H groups in total. The third-order valence-corrected chi connectivity index (χ3v) is 3.43. The van der Waals surface area contributed by atoms with Crippen LogP contribution in [0.1, 0.15) is 22.8 Å². The molecule has 21 heavy (non-hydrogen) atoms. The first kappa shape index (κ1) is 17.1. The van der Waals surface area contributed by atoms with E-state index >= 15 is 0 Å². The summed E-state index contributed by atoms with van der Waals surface area (Å²) in [6.45, 7) is 4.31. The van der Waals surface area contributed by atoms with Crippen LogP contribution in [-0.4, -0.2) is 45.2 Å². The third-order valence-electron chi connectivity index (χ3n) is 3.43. The molecule has 7 heteroatoms. The number of nitrogens with zero attached hydrogens (tertiary/aromatic N) is 4. The van der Waals surface area contributed by atoms with E-state index in [1.165, 1.54) is 6.33 Å². The molecule has 6 nitrogen and oxygen atoms in total. The summed E-state index contributed by atoms with van der Waals surface area (Å²) in [5.41, 5.74) is 8.12. The number of hydrogen-bond donors (Lipinski definition) is 1. The van der Waals surface area contributed by atoms with Crippen molar-refractivity contribution in [1.29, 1.82) is 0 Å². The normalized spacial score (nSPS) is 11.6. The smallest absolute Gasteiger partial charge is 0.253 e. The van der Waals surface area contributed by atoms with Gasteiger partial charge in [-0.1, -0.05) is 0 Å². The number of carbonyl (C=O) groups is 1. The van der Waals surface area contributed by atoms with Crippen molar-refractivity contribution in [3.8, 4) is 5.69 Å². The van der Waals surface area contributed by atoms with Crippen LogP contribution in [0.5, 0.6) is 0 Å². The SMILES string of the molecule is Cc1cc(C(=O)N(C)C(C)CN)ccc1-n1cncn1.Cl. The summed E-state index contributed by atoms with van der Waals surface area (Å²) in [6, 6.07) is 5.54. The maximum Gasteiger partial charge on any atom is 0.253 e. The second-order valence-electron chi connectivity index (χ2n) is 4.84. The predicted molar refractivity (Wildman–Crippen MR) is 84.0 cm³/mol. The molecule has 1 unspecified atom stereocenters. The minimum atomic E-state index is -0.0313. The first-order valence-electron chi connectivity index (χ1n) is 6.47. The lowest BCUT2D eigenvalue weighted by Gasteiger charge is -2.24. The van der Waals surface area contributed by atoms with Gasteiger partial charge in [-0.05, 0) is 37.6 Å². The minimum Gasteiger partial charge on any atom is -0.338 e. The largest absolute Gasteiger partial charge is 0.338 e. The summed E-state index contributed by atoms with van der Waals surface area (Å²) in [7, 11) is 1.76. The van der Waals surface area contributed by atoms with Gasteiger partial charge in [-0.2, -0.15) is 5.10 Å². The number of nitrogens with two attached hydrogens (primary N) is 1. The van der Waals surface area contributed by atoms with E-state index in [1.807, 2.05) is 26.0 Å². The lowest BCUT2D eigenvalue weighted by Crippen LogP contribution is -2.39. The summed E-state index contributed by atoms with van der Waals surface area (Å²) in [5.74, 6) is -0.0313. The Bertz CT molecular complexity index is 599. The van der Waals surface area contributed by atoms with Gasteiger partial charge in [-0.15, -0.1) is 12.4 Å². The van der Waals surface area contributed by atoms with Crippen LogP contribution in [0.25, 0.3) is 5.69 Å². The zero-order valence-electron chi connectivity index (χ0n) is 12.4. The molecule has 0 aliphatic rings. The fourth-order valence-electron chi connectivity index (χ4n) is 1.94. The summed E-state index contributed by atoms with van der Waals surface area (Å²) >= 11 is 0. The molecule has 2 rings (SSSR count). The Balaban J connectivity index is 0.00000220. The van der Waals surface area contributed by atoms with E-state index < -0.39 is 0 Å². The zero-order chi connectivity index (χ0) is 14.7. The molecule has 1 atom stereocenters. The average molecular weight is 310 g/mol. The lowest BCUT2D eigenvalue weighted by molar-refractivity contribution is 0.0748. The summed E-state index contributed by atoms with van der Waals surface area (Å²) in [4.78, 5) is 17.9. The van der Waals surface area contributed by atoms with Crippen LogP contribution in [-0.2, 0) is 0 Å². The fourth-order valence-corrected chi connectivity index (χ4v) is 1.94. The van der Waals surface area contributed by atoms with Crippen molar-refractivity contribution < 1.29 is 4.79 Å². The van der Waals surface area contributed by atoms with Crippen molar-refractivity contribution in [3.05, 3.63) is 42.0 Å². The van der Waals surface area contributed by atoms with Gasteiger partial charge in [0, 0.05) is 25.2 Å². The molecule has 0 saturated carbocycles. The monoisotopic (exact) mass is 309 g/mol. The highest BCUT2D eigenvalue weighted by Gasteiger charge is 2.17. The average Bonchev–Trinajstić information content (AvgIpc) is 2.98. The molecule has 1 aromatic carbocycles. The maximum absolute atomic E-state index is 12.3. The van der Waals surface area contributed by atoms with Crippen molar-refractivity contribution in [3.63, 3.8) is 0 Å². The number of carbonyl (C=O) groups excluding carboxylic acids is 1. The number of rotatable bonds is 4. The molecule has 2 aromatic rings. The second-order valence-corrected chi connectivity index (χ2v) is 4.84. The molecule has 0 fully saturated rings. The first-order chi connectivity index (χ1) is 9.54. The van der Waals surface area contributed by atoms with Gasteiger partial charge in [0.05, 0.1) is 5.69 Å². The lowest BCUT2D eigenvalue weighted by atomic mass is 10.1. The second kappa shape index (κ2) is 7.19. The molecule has 1 heterocycles. The van der Waals surface area contributed by atoms with Crippen molar-refractivity contribution in [2.45, 2.75) is 19.9 Å². The van der Waals surface area contributed by atoms with Gasteiger partial charge in [0.25, 0.3) is 5.91 Å². The van der Waals surface area contributed by atoms with Gasteiger partial charge in [0.2, 0.25) is 0 Å². The van der Waals surface area contributed by atoms with E-state index in [2.05, 4.69) is 10.1 Å². The Hall–Kier alpha value is -1.92. The topological polar surface area (TPSA) is 77.0 Å². The zero-order valence-corrected chi connectivity index (χ0v) is 13.2. The van der Waals surface area contributed by atoms with Gasteiger partial charge in [-0.25, -0.2) is 9.67 Å². The van der Waals surface area contributed by atoms with Crippen molar-refractivity contribution in [2.75, 3.05) is 13.6 Å². The van der Waals surface area contributed by atoms with Gasteiger partial charge in [0.15, 0.2) is 0 Å². The van der Waals surface area contributed by atoms with Crippen LogP contribution in [0.4, 0.5) is 0 Å². The highest BCUT2D eigenvalue weighted by molar-refractivity contribution is 5.94. The highest BCUT2D eigenvalue weighted by atomic mass is 35.5. The van der Waals surface area contributed by atoms with E-state index in [-0.39, 0.29) is 24.4 Å². The van der Waals surface area contributed by atoms with Gasteiger partial charge >= 0.3 is 0 Å². The number of hydrogen-bond acceptors (Lipinski definition) is 4. The molecular formula is C14H20ClN5O. The van der Waals surface area contributed by atoms with E-state index in [9.17, 15) is 4.79 Å². The Morgan fingerprint density at radius 3 is 2.71 bits per heavy atom. The summed E-state index contributed by atoms with van der Waals surface area (Å²) in [5, 5.41) is 4.09. The van der Waals surface area contributed by atoms with E-state index in [1.54, 1.807) is 29.0 Å².